The van der Waals surface area contributed by atoms with Crippen LogP contribution in [0.3, 0.4) is 0 Å². The highest BCUT2D eigenvalue weighted by molar-refractivity contribution is 5.65. The van der Waals surface area contributed by atoms with Crippen LogP contribution in [-0.2, 0) is 6.42 Å². The van der Waals surface area contributed by atoms with Gasteiger partial charge in [-0.1, -0.05) is 68.3 Å². The number of allylic oxidation sites excluding steroid dienone is 2. The minimum Gasteiger partial charge on any atom is -0.203 e. The second kappa shape index (κ2) is 10.0. The van der Waals surface area contributed by atoms with Crippen LogP contribution in [0.15, 0.2) is 48.6 Å². The molecule has 150 valence electrons. The molecule has 1 aliphatic carbocycles. The summed E-state index contributed by atoms with van der Waals surface area (Å²) in [6, 6.07) is 11.6. The van der Waals surface area contributed by atoms with E-state index in [2.05, 4.69) is 19.1 Å². The number of hydrogen-bond acceptors (Lipinski definition) is 0. The molecule has 0 radical (unpaired) electrons. The molecule has 0 amide bonds. The lowest BCUT2D eigenvalue weighted by atomic mass is 9.77. The molecule has 0 atom stereocenters. The molecule has 1 fully saturated rings. The summed E-state index contributed by atoms with van der Waals surface area (Å²) in [4.78, 5) is 0. The Morgan fingerprint density at radius 2 is 1.64 bits per heavy atom. The van der Waals surface area contributed by atoms with Crippen LogP contribution in [0.2, 0.25) is 0 Å². The first-order chi connectivity index (χ1) is 13.6. The summed E-state index contributed by atoms with van der Waals surface area (Å²) in [5, 5.41) is 0. The van der Waals surface area contributed by atoms with Gasteiger partial charge in [-0.3, -0.25) is 0 Å². The van der Waals surface area contributed by atoms with E-state index in [0.29, 0.717) is 23.5 Å². The van der Waals surface area contributed by atoms with Gasteiger partial charge in [0.25, 0.3) is 0 Å². The molecule has 28 heavy (non-hydrogen) atoms. The van der Waals surface area contributed by atoms with Crippen molar-refractivity contribution in [3.05, 3.63) is 71.3 Å². The molecular formula is C26H32F2. The quantitative estimate of drug-likeness (QED) is 0.423. The third-order valence-corrected chi connectivity index (χ3v) is 6.22. The topological polar surface area (TPSA) is 0 Å². The van der Waals surface area contributed by atoms with Crippen LogP contribution in [0, 0.1) is 17.6 Å². The van der Waals surface area contributed by atoms with E-state index in [-0.39, 0.29) is 0 Å². The molecule has 0 spiro atoms. The number of aryl methyl sites for hydroxylation is 1. The average molecular weight is 383 g/mol. The molecule has 0 N–H and O–H groups in total. The van der Waals surface area contributed by atoms with Gasteiger partial charge >= 0.3 is 0 Å². The lowest BCUT2D eigenvalue weighted by Gasteiger charge is -2.28. The van der Waals surface area contributed by atoms with Gasteiger partial charge in [-0.25, -0.2) is 8.78 Å². The minimum absolute atomic E-state index is 0.352. The van der Waals surface area contributed by atoms with E-state index in [9.17, 15) is 8.78 Å². The molecule has 0 bridgehead atoms. The Balaban J connectivity index is 1.70. The molecule has 2 aromatic carbocycles. The first-order valence-electron chi connectivity index (χ1n) is 10.8. The molecule has 1 saturated carbocycles. The first kappa shape index (κ1) is 20.8. The normalized spacial score (nSPS) is 20.0. The van der Waals surface area contributed by atoms with Crippen molar-refractivity contribution >= 4 is 0 Å². The smallest absolute Gasteiger partial charge is 0.166 e. The zero-order chi connectivity index (χ0) is 19.9. The van der Waals surface area contributed by atoms with Crippen molar-refractivity contribution in [1.82, 2.24) is 0 Å². The molecule has 2 heteroatoms. The highest BCUT2D eigenvalue weighted by Crippen LogP contribution is 2.38. The summed E-state index contributed by atoms with van der Waals surface area (Å²) < 4.78 is 29.1. The van der Waals surface area contributed by atoms with E-state index in [4.69, 9.17) is 0 Å². The molecule has 0 aromatic heterocycles. The molecule has 0 nitrogen and oxygen atoms in total. The highest BCUT2D eigenvalue weighted by atomic mass is 19.2. The highest BCUT2D eigenvalue weighted by Gasteiger charge is 2.22. The molecule has 2 aromatic rings. The van der Waals surface area contributed by atoms with Gasteiger partial charge in [-0.05, 0) is 74.0 Å². The Morgan fingerprint density at radius 1 is 0.929 bits per heavy atom. The van der Waals surface area contributed by atoms with Crippen LogP contribution in [0.5, 0.6) is 0 Å². The summed E-state index contributed by atoms with van der Waals surface area (Å²) in [5.41, 5.74) is 2.88. The Kier molecular flexibility index (Phi) is 7.42. The van der Waals surface area contributed by atoms with Gasteiger partial charge in [0.2, 0.25) is 0 Å². The van der Waals surface area contributed by atoms with Gasteiger partial charge in [0.05, 0.1) is 0 Å². The minimum atomic E-state index is -0.731. The lowest BCUT2D eigenvalue weighted by Crippen LogP contribution is -2.13. The van der Waals surface area contributed by atoms with Gasteiger partial charge in [0.1, 0.15) is 0 Å². The summed E-state index contributed by atoms with van der Waals surface area (Å²) in [5.74, 6) is 0.0628. The second-order valence-electron chi connectivity index (χ2n) is 8.14. The van der Waals surface area contributed by atoms with Crippen molar-refractivity contribution in [3.63, 3.8) is 0 Å². The SMILES string of the molecule is C/C=C/CCc1ccc(-c2ccc(C3CCC(CCC)CC3)cc2)c(F)c1F. The fraction of sp³-hybridized carbons (Fsp3) is 0.462. The zero-order valence-corrected chi connectivity index (χ0v) is 17.2. The largest absolute Gasteiger partial charge is 0.203 e. The van der Waals surface area contributed by atoms with Gasteiger partial charge < -0.3 is 0 Å². The molecular weight excluding hydrogens is 350 g/mol. The van der Waals surface area contributed by atoms with Crippen LogP contribution >= 0.6 is 0 Å². The zero-order valence-electron chi connectivity index (χ0n) is 17.2. The third kappa shape index (κ3) is 4.90. The molecule has 0 unspecified atom stereocenters. The van der Waals surface area contributed by atoms with E-state index in [1.165, 1.54) is 44.1 Å². The van der Waals surface area contributed by atoms with Crippen molar-refractivity contribution in [2.75, 3.05) is 0 Å². The van der Waals surface area contributed by atoms with Crippen molar-refractivity contribution in [1.29, 1.82) is 0 Å². The maximum Gasteiger partial charge on any atom is 0.166 e. The number of hydrogen-bond donors (Lipinski definition) is 0. The Labute approximate surface area is 168 Å². The standard InChI is InChI=1S/C26H32F2/c1-3-5-6-8-23-17-18-24(26(28)25(23)27)22-15-13-21(14-16-22)20-11-9-19(7-4-2)10-12-20/h3,5,13-20H,4,6-12H2,1-2H3/b5-3+. The van der Waals surface area contributed by atoms with Crippen molar-refractivity contribution in [2.45, 2.75) is 71.1 Å². The third-order valence-electron chi connectivity index (χ3n) is 6.22. The molecule has 1 aliphatic rings. The van der Waals surface area contributed by atoms with Crippen LogP contribution in [-0.4, -0.2) is 0 Å². The van der Waals surface area contributed by atoms with Gasteiger partial charge in [-0.2, -0.15) is 0 Å². The van der Waals surface area contributed by atoms with Crippen LogP contribution in [0.4, 0.5) is 8.78 Å². The van der Waals surface area contributed by atoms with Crippen molar-refractivity contribution in [3.8, 4) is 11.1 Å². The molecule has 0 saturated heterocycles. The second-order valence-corrected chi connectivity index (χ2v) is 8.14. The number of rotatable bonds is 7. The predicted octanol–water partition coefficient (Wildman–Crippen LogP) is 8.21. The van der Waals surface area contributed by atoms with E-state index < -0.39 is 11.6 Å². The Hall–Kier alpha value is -1.96. The van der Waals surface area contributed by atoms with Crippen LogP contribution < -0.4 is 0 Å². The van der Waals surface area contributed by atoms with Crippen molar-refractivity contribution in [2.24, 2.45) is 5.92 Å². The number of halogens is 2. The molecule has 0 heterocycles. The van der Waals surface area contributed by atoms with Gasteiger partial charge in [0, 0.05) is 5.56 Å². The summed E-state index contributed by atoms with van der Waals surface area (Å²) in [7, 11) is 0. The van der Waals surface area contributed by atoms with Gasteiger partial charge in [0.15, 0.2) is 11.6 Å². The molecule has 0 aliphatic heterocycles. The van der Waals surface area contributed by atoms with E-state index in [1.54, 1.807) is 12.1 Å². The van der Waals surface area contributed by atoms with E-state index in [1.807, 2.05) is 31.2 Å². The van der Waals surface area contributed by atoms with E-state index >= 15 is 0 Å². The van der Waals surface area contributed by atoms with Crippen LogP contribution in [0.25, 0.3) is 11.1 Å². The summed E-state index contributed by atoms with van der Waals surface area (Å²) in [6.45, 7) is 4.20. The van der Waals surface area contributed by atoms with Gasteiger partial charge in [-0.15, -0.1) is 0 Å². The monoisotopic (exact) mass is 382 g/mol. The van der Waals surface area contributed by atoms with E-state index in [0.717, 1.165) is 17.9 Å². The maximum atomic E-state index is 14.6. The first-order valence-corrected chi connectivity index (χ1v) is 10.8. The van der Waals surface area contributed by atoms with Crippen LogP contribution in [0.1, 0.15) is 75.8 Å². The fourth-order valence-corrected chi connectivity index (χ4v) is 4.54. The average Bonchev–Trinajstić information content (AvgIpc) is 2.72. The van der Waals surface area contributed by atoms with Crippen molar-refractivity contribution < 1.29 is 8.78 Å². The lowest BCUT2D eigenvalue weighted by molar-refractivity contribution is 0.308. The fourth-order valence-electron chi connectivity index (χ4n) is 4.54. The maximum absolute atomic E-state index is 14.6. The predicted molar refractivity (Wildman–Crippen MR) is 115 cm³/mol. The summed E-state index contributed by atoms with van der Waals surface area (Å²) >= 11 is 0. The summed E-state index contributed by atoms with van der Waals surface area (Å²) in [6.07, 6.45) is 12.9. The molecule has 3 rings (SSSR count). The Morgan fingerprint density at radius 3 is 2.29 bits per heavy atom. The number of benzene rings is 2. The Bertz CT molecular complexity index is 781.